The van der Waals surface area contributed by atoms with Gasteiger partial charge in [-0.3, -0.25) is 0 Å². The second-order valence-electron chi connectivity index (χ2n) is 6.71. The summed E-state index contributed by atoms with van der Waals surface area (Å²) >= 11 is 0. The van der Waals surface area contributed by atoms with Gasteiger partial charge < -0.3 is 14.8 Å². The lowest BCUT2D eigenvalue weighted by atomic mass is 10.2. The molecule has 8 heteroatoms. The van der Waals surface area contributed by atoms with Crippen LogP contribution in [0.3, 0.4) is 0 Å². The molecule has 1 saturated heterocycles. The predicted octanol–water partition coefficient (Wildman–Crippen LogP) is 1.12. The van der Waals surface area contributed by atoms with Gasteiger partial charge in [0.1, 0.15) is 5.82 Å². The molecule has 23 heavy (non-hydrogen) atoms. The topological polar surface area (TPSA) is 84.3 Å². The minimum Gasteiger partial charge on any atom is -0.333 e. The van der Waals surface area contributed by atoms with Crippen molar-refractivity contribution < 1.29 is 13.2 Å². The minimum absolute atomic E-state index is 0.0345. The van der Waals surface area contributed by atoms with Crippen LogP contribution in [-0.4, -0.2) is 53.5 Å². The molecule has 1 unspecified atom stereocenters. The molecule has 0 bridgehead atoms. The van der Waals surface area contributed by atoms with E-state index < -0.39 is 9.84 Å². The number of urea groups is 1. The molecule has 1 aromatic heterocycles. The Balaban J connectivity index is 1.93. The van der Waals surface area contributed by atoms with Crippen molar-refractivity contribution >= 4 is 15.9 Å². The number of imidazole rings is 1. The van der Waals surface area contributed by atoms with Crippen LogP contribution in [0.15, 0.2) is 12.4 Å². The molecule has 0 aromatic carbocycles. The van der Waals surface area contributed by atoms with Crippen LogP contribution < -0.4 is 5.32 Å². The van der Waals surface area contributed by atoms with Crippen LogP contribution in [0.2, 0.25) is 0 Å². The standard InChI is InChI=1S/C15H26N4O3S/c1-12(2)9-18-5-4-16-14(18)8-17-15(20)19-6-7-23(21,22)11-13(3)10-19/h4-5,12-13H,6-11H2,1-3H3,(H,17,20). The summed E-state index contributed by atoms with van der Waals surface area (Å²) in [4.78, 5) is 18.2. The van der Waals surface area contributed by atoms with Gasteiger partial charge in [0.25, 0.3) is 0 Å². The smallest absolute Gasteiger partial charge is 0.317 e. The summed E-state index contributed by atoms with van der Waals surface area (Å²) in [6, 6.07) is -0.229. The lowest BCUT2D eigenvalue weighted by Crippen LogP contribution is -2.42. The van der Waals surface area contributed by atoms with Crippen molar-refractivity contribution in [1.82, 2.24) is 19.8 Å². The van der Waals surface area contributed by atoms with Crippen molar-refractivity contribution in [1.29, 1.82) is 0 Å². The SMILES string of the molecule is CC(C)Cn1ccnc1CNC(=O)N1CCS(=O)(=O)CC(C)C1. The van der Waals surface area contributed by atoms with Crippen LogP contribution in [0.25, 0.3) is 0 Å². The van der Waals surface area contributed by atoms with E-state index in [1.165, 1.54) is 0 Å². The van der Waals surface area contributed by atoms with E-state index in [0.29, 0.717) is 19.0 Å². The maximum atomic E-state index is 12.3. The van der Waals surface area contributed by atoms with Gasteiger partial charge in [0.15, 0.2) is 9.84 Å². The van der Waals surface area contributed by atoms with Gasteiger partial charge in [0, 0.05) is 32.0 Å². The number of aromatic nitrogens is 2. The predicted molar refractivity (Wildman–Crippen MR) is 88.7 cm³/mol. The molecule has 0 aliphatic carbocycles. The summed E-state index contributed by atoms with van der Waals surface area (Å²) in [7, 11) is -3.05. The quantitative estimate of drug-likeness (QED) is 0.888. The number of sulfone groups is 1. The Morgan fingerprint density at radius 2 is 2.22 bits per heavy atom. The van der Waals surface area contributed by atoms with Crippen LogP contribution in [0, 0.1) is 11.8 Å². The summed E-state index contributed by atoms with van der Waals surface area (Å²) in [5.41, 5.74) is 0. The Morgan fingerprint density at radius 1 is 1.48 bits per heavy atom. The Morgan fingerprint density at radius 3 is 2.91 bits per heavy atom. The molecule has 1 aliphatic heterocycles. The van der Waals surface area contributed by atoms with Crippen LogP contribution >= 0.6 is 0 Å². The molecular weight excluding hydrogens is 316 g/mol. The molecule has 130 valence electrons. The number of amides is 2. The van der Waals surface area contributed by atoms with Crippen LogP contribution in [0.5, 0.6) is 0 Å². The summed E-state index contributed by atoms with van der Waals surface area (Å²) in [6.45, 7) is 8.02. The normalized spacial score (nSPS) is 21.2. The number of hydrogen-bond acceptors (Lipinski definition) is 4. The summed E-state index contributed by atoms with van der Waals surface area (Å²) < 4.78 is 25.6. The van der Waals surface area contributed by atoms with Crippen LogP contribution in [-0.2, 0) is 22.9 Å². The molecule has 2 rings (SSSR count). The summed E-state index contributed by atoms with van der Waals surface area (Å²) in [6.07, 6.45) is 3.63. The van der Waals surface area contributed by atoms with Crippen molar-refractivity contribution in [2.75, 3.05) is 24.6 Å². The lowest BCUT2D eigenvalue weighted by molar-refractivity contribution is 0.195. The zero-order valence-corrected chi connectivity index (χ0v) is 14.8. The highest BCUT2D eigenvalue weighted by Gasteiger charge is 2.26. The van der Waals surface area contributed by atoms with Gasteiger partial charge in [-0.25, -0.2) is 18.2 Å². The fraction of sp³-hybridized carbons (Fsp3) is 0.733. The third-order valence-corrected chi connectivity index (χ3v) is 5.67. The van der Waals surface area contributed by atoms with E-state index in [1.807, 2.05) is 17.7 Å². The first-order valence-corrected chi connectivity index (χ1v) is 9.82. The van der Waals surface area contributed by atoms with Crippen molar-refractivity contribution in [3.05, 3.63) is 18.2 Å². The molecule has 7 nitrogen and oxygen atoms in total. The maximum Gasteiger partial charge on any atom is 0.317 e. The number of hydrogen-bond donors (Lipinski definition) is 1. The van der Waals surface area contributed by atoms with E-state index in [-0.39, 0.29) is 30.0 Å². The first-order chi connectivity index (χ1) is 10.8. The molecule has 1 aromatic rings. The van der Waals surface area contributed by atoms with Crippen molar-refractivity contribution in [3.8, 4) is 0 Å². The second kappa shape index (κ2) is 7.33. The van der Waals surface area contributed by atoms with Gasteiger partial charge in [-0.1, -0.05) is 20.8 Å². The van der Waals surface area contributed by atoms with Crippen LogP contribution in [0.1, 0.15) is 26.6 Å². The van der Waals surface area contributed by atoms with Crippen LogP contribution in [0.4, 0.5) is 4.79 Å². The van der Waals surface area contributed by atoms with E-state index in [2.05, 4.69) is 24.1 Å². The van der Waals surface area contributed by atoms with Gasteiger partial charge in [-0.15, -0.1) is 0 Å². The minimum atomic E-state index is -3.05. The fourth-order valence-corrected chi connectivity index (χ4v) is 4.44. The average molecular weight is 342 g/mol. The zero-order chi connectivity index (χ0) is 17.0. The Bertz CT molecular complexity index is 639. The molecule has 1 aliphatic rings. The summed E-state index contributed by atoms with van der Waals surface area (Å²) in [5, 5.41) is 2.85. The molecule has 0 saturated carbocycles. The first-order valence-electron chi connectivity index (χ1n) is 8.00. The molecular formula is C15H26N4O3S. The molecule has 1 atom stereocenters. The molecule has 2 heterocycles. The Hall–Kier alpha value is -1.57. The molecule has 2 amide bonds. The zero-order valence-electron chi connectivity index (χ0n) is 14.0. The number of carbonyl (C=O) groups excluding carboxylic acids is 1. The van der Waals surface area contributed by atoms with E-state index in [0.717, 1.165) is 12.4 Å². The molecule has 1 fully saturated rings. The first kappa shape index (κ1) is 17.8. The van der Waals surface area contributed by atoms with Gasteiger partial charge in [0.05, 0.1) is 18.1 Å². The van der Waals surface area contributed by atoms with Crippen molar-refractivity contribution in [2.24, 2.45) is 11.8 Å². The fourth-order valence-electron chi connectivity index (χ4n) is 2.80. The summed E-state index contributed by atoms with van der Waals surface area (Å²) in [5.74, 6) is 1.44. The van der Waals surface area contributed by atoms with Crippen molar-refractivity contribution in [3.63, 3.8) is 0 Å². The molecule has 0 spiro atoms. The van der Waals surface area contributed by atoms with E-state index >= 15 is 0 Å². The third-order valence-electron chi connectivity index (χ3n) is 3.79. The number of rotatable bonds is 4. The maximum absolute atomic E-state index is 12.3. The van der Waals surface area contributed by atoms with Gasteiger partial charge in [-0.2, -0.15) is 0 Å². The van der Waals surface area contributed by atoms with Gasteiger partial charge >= 0.3 is 6.03 Å². The second-order valence-corrected chi connectivity index (χ2v) is 8.94. The highest BCUT2D eigenvalue weighted by atomic mass is 32.2. The monoisotopic (exact) mass is 342 g/mol. The van der Waals surface area contributed by atoms with E-state index in [9.17, 15) is 13.2 Å². The third kappa shape index (κ3) is 5.23. The Kier molecular flexibility index (Phi) is 5.67. The highest BCUT2D eigenvalue weighted by Crippen LogP contribution is 2.11. The van der Waals surface area contributed by atoms with Crippen molar-refractivity contribution in [2.45, 2.75) is 33.9 Å². The average Bonchev–Trinajstić information content (AvgIpc) is 2.80. The van der Waals surface area contributed by atoms with E-state index in [1.54, 1.807) is 11.1 Å². The highest BCUT2D eigenvalue weighted by molar-refractivity contribution is 7.91. The largest absolute Gasteiger partial charge is 0.333 e. The van der Waals surface area contributed by atoms with Gasteiger partial charge in [0.2, 0.25) is 0 Å². The number of nitrogens with one attached hydrogen (secondary N) is 1. The Labute approximate surface area is 138 Å². The molecule has 0 radical (unpaired) electrons. The van der Waals surface area contributed by atoms with E-state index in [4.69, 9.17) is 0 Å². The lowest BCUT2D eigenvalue weighted by Gasteiger charge is -2.22. The number of carbonyl (C=O) groups is 1. The van der Waals surface area contributed by atoms with Gasteiger partial charge in [-0.05, 0) is 11.8 Å². The molecule has 1 N–H and O–H groups in total. The number of nitrogens with zero attached hydrogens (tertiary/aromatic N) is 3.